The number of carbonyl (C=O) groups is 2. The number of carbonyl (C=O) groups excluding carboxylic acids is 1. The third kappa shape index (κ3) is 2.92. The van der Waals surface area contributed by atoms with E-state index in [1.54, 1.807) is 6.20 Å². The lowest BCUT2D eigenvalue weighted by Gasteiger charge is -2.23. The Morgan fingerprint density at radius 1 is 1.60 bits per heavy atom. The molecule has 2 atom stereocenters. The Balaban J connectivity index is 1.93. The molecule has 0 aliphatic carbocycles. The first-order valence-electron chi connectivity index (χ1n) is 6.73. The predicted octanol–water partition coefficient (Wildman–Crippen LogP) is 1.24. The van der Waals surface area contributed by atoms with E-state index in [9.17, 15) is 14.7 Å². The Bertz CT molecular complexity index is 500. The molecule has 2 unspecified atom stereocenters. The van der Waals surface area contributed by atoms with Crippen molar-refractivity contribution in [3.63, 3.8) is 0 Å². The highest BCUT2D eigenvalue weighted by Gasteiger charge is 2.39. The fourth-order valence-electron chi connectivity index (χ4n) is 2.40. The standard InChI is InChI=1S/C13H19N3O4/c1-3-9-6-14-10(20-9)7-15-13(19)16-5-4-8(2)11(16)12(17)18/h6,8,11H,3-5,7H2,1-2H3,(H,15,19)(H,17,18). The maximum absolute atomic E-state index is 12.0. The molecule has 0 bridgehead atoms. The molecule has 0 aromatic carbocycles. The van der Waals surface area contributed by atoms with Crippen molar-refractivity contribution < 1.29 is 19.1 Å². The number of hydrogen-bond acceptors (Lipinski definition) is 4. The van der Waals surface area contributed by atoms with Crippen LogP contribution in [0.1, 0.15) is 31.9 Å². The Kier molecular flexibility index (Phi) is 4.26. The summed E-state index contributed by atoms with van der Waals surface area (Å²) in [6.45, 7) is 4.41. The number of nitrogens with one attached hydrogen (secondary N) is 1. The minimum absolute atomic E-state index is 0.0355. The summed E-state index contributed by atoms with van der Waals surface area (Å²) in [4.78, 5) is 28.6. The monoisotopic (exact) mass is 281 g/mol. The summed E-state index contributed by atoms with van der Waals surface area (Å²) in [6.07, 6.45) is 3.06. The van der Waals surface area contributed by atoms with Crippen LogP contribution in [0, 0.1) is 5.92 Å². The molecule has 7 nitrogen and oxygen atoms in total. The quantitative estimate of drug-likeness (QED) is 0.865. The van der Waals surface area contributed by atoms with E-state index in [1.807, 2.05) is 13.8 Å². The number of carboxylic acids is 1. The second-order valence-corrected chi connectivity index (χ2v) is 4.98. The van der Waals surface area contributed by atoms with Crippen molar-refractivity contribution >= 4 is 12.0 Å². The molecular formula is C13H19N3O4. The Morgan fingerprint density at radius 3 is 2.95 bits per heavy atom. The van der Waals surface area contributed by atoms with Crippen LogP contribution >= 0.6 is 0 Å². The minimum atomic E-state index is -0.963. The third-order valence-electron chi connectivity index (χ3n) is 3.55. The fourth-order valence-corrected chi connectivity index (χ4v) is 2.40. The zero-order valence-electron chi connectivity index (χ0n) is 11.6. The molecule has 1 fully saturated rings. The predicted molar refractivity (Wildman–Crippen MR) is 70.0 cm³/mol. The van der Waals surface area contributed by atoms with Gasteiger partial charge in [0, 0.05) is 13.0 Å². The van der Waals surface area contributed by atoms with Gasteiger partial charge in [0.05, 0.1) is 12.7 Å². The van der Waals surface area contributed by atoms with Gasteiger partial charge in [-0.15, -0.1) is 0 Å². The van der Waals surface area contributed by atoms with Gasteiger partial charge in [-0.25, -0.2) is 14.6 Å². The first-order chi connectivity index (χ1) is 9.52. The van der Waals surface area contributed by atoms with Crippen LogP contribution < -0.4 is 5.32 Å². The van der Waals surface area contributed by atoms with Gasteiger partial charge in [-0.2, -0.15) is 0 Å². The maximum atomic E-state index is 12.0. The number of aromatic nitrogens is 1. The Labute approximate surface area is 117 Å². The highest BCUT2D eigenvalue weighted by atomic mass is 16.4. The van der Waals surface area contributed by atoms with E-state index in [-0.39, 0.29) is 12.5 Å². The number of nitrogens with zero attached hydrogens (tertiary/aromatic N) is 2. The third-order valence-corrected chi connectivity index (χ3v) is 3.55. The molecule has 2 heterocycles. The maximum Gasteiger partial charge on any atom is 0.326 e. The average Bonchev–Trinajstić information content (AvgIpc) is 3.02. The summed E-state index contributed by atoms with van der Waals surface area (Å²) in [7, 11) is 0. The zero-order chi connectivity index (χ0) is 14.7. The second-order valence-electron chi connectivity index (χ2n) is 4.98. The van der Waals surface area contributed by atoms with E-state index in [1.165, 1.54) is 4.90 Å². The first kappa shape index (κ1) is 14.4. The molecule has 0 spiro atoms. The largest absolute Gasteiger partial charge is 0.480 e. The van der Waals surface area contributed by atoms with Crippen molar-refractivity contribution in [3.05, 3.63) is 17.8 Å². The van der Waals surface area contributed by atoms with Crippen LogP contribution in [0.25, 0.3) is 0 Å². The molecule has 1 aliphatic rings. The lowest BCUT2D eigenvalue weighted by Crippen LogP contribution is -2.47. The Hall–Kier alpha value is -2.05. The molecule has 1 aliphatic heterocycles. The number of aryl methyl sites for hydroxylation is 1. The van der Waals surface area contributed by atoms with Crippen LogP contribution in [0.2, 0.25) is 0 Å². The van der Waals surface area contributed by atoms with E-state index in [4.69, 9.17) is 4.42 Å². The number of likely N-dealkylation sites (tertiary alicyclic amines) is 1. The van der Waals surface area contributed by atoms with E-state index < -0.39 is 18.0 Å². The van der Waals surface area contributed by atoms with Gasteiger partial charge in [-0.05, 0) is 12.3 Å². The van der Waals surface area contributed by atoms with Crippen molar-refractivity contribution in [1.82, 2.24) is 15.2 Å². The smallest absolute Gasteiger partial charge is 0.326 e. The van der Waals surface area contributed by atoms with E-state index >= 15 is 0 Å². The number of rotatable bonds is 4. The minimum Gasteiger partial charge on any atom is -0.480 e. The van der Waals surface area contributed by atoms with Crippen LogP contribution in [0.3, 0.4) is 0 Å². The molecule has 1 aromatic heterocycles. The number of oxazole rings is 1. The molecule has 0 saturated carbocycles. The molecule has 2 N–H and O–H groups in total. The van der Waals surface area contributed by atoms with Crippen molar-refractivity contribution in [2.24, 2.45) is 5.92 Å². The molecule has 2 amide bonds. The van der Waals surface area contributed by atoms with Crippen molar-refractivity contribution in [2.75, 3.05) is 6.54 Å². The molecule has 1 aromatic rings. The van der Waals surface area contributed by atoms with Crippen LogP contribution in [0.4, 0.5) is 4.79 Å². The highest BCUT2D eigenvalue weighted by molar-refractivity contribution is 5.83. The van der Waals surface area contributed by atoms with Gasteiger partial charge in [0.15, 0.2) is 0 Å². The van der Waals surface area contributed by atoms with E-state index in [0.717, 1.165) is 12.2 Å². The van der Waals surface area contributed by atoms with Gasteiger partial charge < -0.3 is 19.7 Å². The molecular weight excluding hydrogens is 262 g/mol. The van der Waals surface area contributed by atoms with Gasteiger partial charge in [-0.3, -0.25) is 0 Å². The van der Waals surface area contributed by atoms with Gasteiger partial charge in [0.25, 0.3) is 0 Å². The van der Waals surface area contributed by atoms with Crippen LogP contribution in [0.5, 0.6) is 0 Å². The molecule has 1 saturated heterocycles. The molecule has 0 radical (unpaired) electrons. The summed E-state index contributed by atoms with van der Waals surface area (Å²) in [5.41, 5.74) is 0. The lowest BCUT2D eigenvalue weighted by atomic mass is 10.0. The summed E-state index contributed by atoms with van der Waals surface area (Å²) >= 11 is 0. The van der Waals surface area contributed by atoms with E-state index in [0.29, 0.717) is 18.9 Å². The van der Waals surface area contributed by atoms with Gasteiger partial charge >= 0.3 is 12.0 Å². The summed E-state index contributed by atoms with van der Waals surface area (Å²) in [5.74, 6) is 0.183. The first-order valence-corrected chi connectivity index (χ1v) is 6.73. The number of carboxylic acid groups (broad SMARTS) is 1. The molecule has 7 heteroatoms. The van der Waals surface area contributed by atoms with Gasteiger partial charge in [0.1, 0.15) is 11.8 Å². The van der Waals surface area contributed by atoms with Gasteiger partial charge in [-0.1, -0.05) is 13.8 Å². The summed E-state index contributed by atoms with van der Waals surface area (Å²) in [5, 5.41) is 11.8. The molecule has 2 rings (SSSR count). The van der Waals surface area contributed by atoms with Gasteiger partial charge in [0.2, 0.25) is 5.89 Å². The number of amides is 2. The molecule has 110 valence electrons. The van der Waals surface area contributed by atoms with Crippen molar-refractivity contribution in [1.29, 1.82) is 0 Å². The summed E-state index contributed by atoms with van der Waals surface area (Å²) < 4.78 is 5.38. The fraction of sp³-hybridized carbons (Fsp3) is 0.615. The van der Waals surface area contributed by atoms with Crippen LogP contribution in [0.15, 0.2) is 10.6 Å². The average molecular weight is 281 g/mol. The second kappa shape index (κ2) is 5.94. The number of hydrogen-bond donors (Lipinski definition) is 2. The van der Waals surface area contributed by atoms with E-state index in [2.05, 4.69) is 10.3 Å². The van der Waals surface area contributed by atoms with Crippen molar-refractivity contribution in [3.8, 4) is 0 Å². The lowest BCUT2D eigenvalue weighted by molar-refractivity contribution is -0.142. The Morgan fingerprint density at radius 2 is 2.35 bits per heavy atom. The normalized spacial score (nSPS) is 22.0. The molecule has 20 heavy (non-hydrogen) atoms. The SMILES string of the molecule is CCc1cnc(CNC(=O)N2CCC(C)C2C(=O)O)o1. The van der Waals surface area contributed by atoms with Crippen LogP contribution in [-0.2, 0) is 17.8 Å². The zero-order valence-corrected chi connectivity index (χ0v) is 11.6. The topological polar surface area (TPSA) is 95.7 Å². The highest BCUT2D eigenvalue weighted by Crippen LogP contribution is 2.24. The van der Waals surface area contributed by atoms with Crippen molar-refractivity contribution in [2.45, 2.75) is 39.3 Å². The number of urea groups is 1. The number of aliphatic carboxylic acids is 1. The summed E-state index contributed by atoms with van der Waals surface area (Å²) in [6, 6.07) is -1.15. The van der Waals surface area contributed by atoms with Crippen LogP contribution in [-0.4, -0.2) is 39.6 Å².